The number of para-hydroxylation sites is 7. The molecule has 0 bridgehead atoms. The van der Waals surface area contributed by atoms with E-state index in [4.69, 9.17) is 14.6 Å². The second kappa shape index (κ2) is 30.1. The summed E-state index contributed by atoms with van der Waals surface area (Å²) in [5.74, 6) is -1.61. The Kier molecular flexibility index (Phi) is 21.3. The molecule has 7 heterocycles. The van der Waals surface area contributed by atoms with Crippen molar-refractivity contribution in [2.24, 2.45) is 7.05 Å². The van der Waals surface area contributed by atoms with Crippen LogP contribution in [0.3, 0.4) is 0 Å². The third kappa shape index (κ3) is 17.3. The number of nitrogens with zero attached hydrogens (tertiary/aromatic N) is 2. The number of carboxylic acids is 1. The SMILES string of the molecule is CC(=O)N1CCc2ccccc21.CC(C)(C)OC(=O)c1cc2ccccc2[nH]1.CCOC(=O)c1cc2ccccc2[nH]1.CCc1cc2ccccc2[nH]1.Cn1ccc2ccccc21.Fc1ccc(-c2cc3ccccc3[nH]2)cc1.O=C(O)c1cc2ccccc2[nH]1. The number of rotatable bonds is 6. The van der Waals surface area contributed by atoms with Crippen LogP contribution in [0.15, 0.2) is 237 Å². The summed E-state index contributed by atoms with van der Waals surface area (Å²) >= 11 is 0. The van der Waals surface area contributed by atoms with Gasteiger partial charge in [-0.2, -0.15) is 0 Å². The number of halogens is 1. The number of aromatic amines is 5. The molecule has 0 spiro atoms. The number of carbonyl (C=O) groups is 4. The standard InChI is InChI=1S/C14H10FN.C13H15NO2.C11H11NO2.C10H11NO.C10H11N.C9H7NO2.C9H9N/c15-12-7-5-10(6-8-12)14-9-11-3-1-2-4-13(11)16-14;1-13(2,3)16-12(15)11-8-9-6-4-5-7-10(9)14-11;1-2-14-11(13)10-7-8-5-3-4-6-9(8)12-10;1-8(12)11-7-6-9-4-2-3-5-10(9)11;1-2-9-7-8-5-3-4-6-10(8)11-9;11-9(12)8-5-6-3-1-2-4-7(6)10-8;1-10-7-6-8-4-2-3-5-9(8)10/h1-9,16H;4-8,14H,1-3H3;3-7,12H,2H2,1H3;2-5H,6-7H2,1H3;3-7,11H,2H2,1H3;1-5,10H,(H,11,12);2-7H,1H3. The molecule has 1 aliphatic rings. The van der Waals surface area contributed by atoms with E-state index >= 15 is 0 Å². The van der Waals surface area contributed by atoms with Gasteiger partial charge in [-0.05, 0) is 166 Å². The Morgan fingerprint density at radius 2 is 0.967 bits per heavy atom. The van der Waals surface area contributed by atoms with Crippen molar-refractivity contribution in [2.45, 2.75) is 60.0 Å². The number of amides is 1. The maximum absolute atomic E-state index is 12.8. The van der Waals surface area contributed by atoms with Crippen LogP contribution in [0.2, 0.25) is 0 Å². The van der Waals surface area contributed by atoms with Crippen LogP contribution in [0.4, 0.5) is 10.1 Å². The normalized spacial score (nSPS) is 11.3. The van der Waals surface area contributed by atoms with Gasteiger partial charge in [0.15, 0.2) is 0 Å². The zero-order valence-corrected chi connectivity index (χ0v) is 52.0. The first-order valence-corrected chi connectivity index (χ1v) is 30.1. The fourth-order valence-corrected chi connectivity index (χ4v) is 10.2. The van der Waals surface area contributed by atoms with Crippen molar-refractivity contribution in [2.75, 3.05) is 18.1 Å². The largest absolute Gasteiger partial charge is 0.477 e. The Bertz CT molecular complexity index is 4560. The van der Waals surface area contributed by atoms with Crippen LogP contribution in [0.25, 0.3) is 76.7 Å². The molecule has 1 amide bonds. The minimum absolute atomic E-state index is 0.139. The third-order valence-electron chi connectivity index (χ3n) is 14.6. The molecular weight excluding hydrogens is 1140 g/mol. The molecule has 91 heavy (non-hydrogen) atoms. The Labute approximate surface area is 527 Å². The molecule has 0 aliphatic carbocycles. The van der Waals surface area contributed by atoms with Crippen molar-refractivity contribution in [1.29, 1.82) is 0 Å². The van der Waals surface area contributed by atoms with Crippen LogP contribution in [0.1, 0.15) is 84.3 Å². The summed E-state index contributed by atoms with van der Waals surface area (Å²) in [5.41, 5.74) is 12.9. The summed E-state index contributed by atoms with van der Waals surface area (Å²) in [5, 5.41) is 15.4. The molecule has 0 saturated heterocycles. The predicted octanol–water partition coefficient (Wildman–Crippen LogP) is 17.8. The lowest BCUT2D eigenvalue weighted by Gasteiger charge is -2.18. The highest BCUT2D eigenvalue weighted by molar-refractivity contribution is 5.97. The average Bonchev–Trinajstić information content (AvgIpc) is 2.47. The predicted molar refractivity (Wildman–Crippen MR) is 365 cm³/mol. The molecule has 1 aliphatic heterocycles. The first kappa shape index (κ1) is 64.3. The average molecular weight is 1220 g/mol. The number of fused-ring (bicyclic) bond motifs is 7. The van der Waals surface area contributed by atoms with Crippen LogP contribution >= 0.6 is 0 Å². The Morgan fingerprint density at radius 3 is 1.45 bits per heavy atom. The minimum atomic E-state index is -0.925. The number of aromatic carboxylic acids is 1. The molecule has 0 atom stereocenters. The molecule has 15 rings (SSSR count). The van der Waals surface area contributed by atoms with Crippen molar-refractivity contribution >= 4 is 94.9 Å². The Balaban J connectivity index is 0.000000126. The highest BCUT2D eigenvalue weighted by atomic mass is 19.1. The van der Waals surface area contributed by atoms with Crippen LogP contribution < -0.4 is 4.90 Å². The van der Waals surface area contributed by atoms with Crippen LogP contribution in [-0.4, -0.2) is 77.2 Å². The van der Waals surface area contributed by atoms with E-state index in [9.17, 15) is 23.6 Å². The van der Waals surface area contributed by atoms with Gasteiger partial charge in [0.05, 0.1) is 6.61 Å². The number of ether oxygens (including phenoxy) is 2. The first-order valence-electron chi connectivity index (χ1n) is 30.1. The molecule has 0 fully saturated rings. The number of carboxylic acid groups (broad SMARTS) is 1. The molecule has 0 saturated carbocycles. The highest BCUT2D eigenvalue weighted by Crippen LogP contribution is 2.28. The topological polar surface area (TPSA) is 194 Å². The summed E-state index contributed by atoms with van der Waals surface area (Å²) < 4.78 is 25.1. The Morgan fingerprint density at radius 1 is 0.516 bits per heavy atom. The number of aromatic nitrogens is 6. The van der Waals surface area contributed by atoms with Gasteiger partial charge in [-0.1, -0.05) is 134 Å². The molecule has 0 unspecified atom stereocenters. The summed E-state index contributed by atoms with van der Waals surface area (Å²) in [6, 6.07) is 74.0. The smallest absolute Gasteiger partial charge is 0.355 e. The lowest BCUT2D eigenvalue weighted by atomic mass is 10.1. The van der Waals surface area contributed by atoms with Crippen molar-refractivity contribution < 1.29 is 38.1 Å². The van der Waals surface area contributed by atoms with Gasteiger partial charge in [0, 0.05) is 98.4 Å². The number of nitrogens with one attached hydrogen (secondary N) is 5. The number of aryl methyl sites for hydroxylation is 2. The van der Waals surface area contributed by atoms with Crippen LogP contribution in [-0.2, 0) is 34.2 Å². The van der Waals surface area contributed by atoms with E-state index in [1.165, 1.54) is 50.6 Å². The highest BCUT2D eigenvalue weighted by Gasteiger charge is 2.21. The Hall–Kier alpha value is -11.2. The van der Waals surface area contributed by atoms with E-state index in [1.54, 1.807) is 38.1 Å². The monoisotopic (exact) mass is 1220 g/mol. The second-order valence-corrected chi connectivity index (χ2v) is 22.4. The molecular formula is C76H74FN7O7. The number of anilines is 1. The zero-order valence-electron chi connectivity index (χ0n) is 52.0. The van der Waals surface area contributed by atoms with E-state index in [0.717, 1.165) is 74.6 Å². The van der Waals surface area contributed by atoms with E-state index in [-0.39, 0.29) is 29.4 Å². The van der Waals surface area contributed by atoms with Gasteiger partial charge >= 0.3 is 17.9 Å². The van der Waals surface area contributed by atoms with Gasteiger partial charge in [-0.15, -0.1) is 0 Å². The summed E-state index contributed by atoms with van der Waals surface area (Å²) in [4.78, 5) is 62.1. The quantitative estimate of drug-likeness (QED) is 0.0892. The van der Waals surface area contributed by atoms with Crippen molar-refractivity contribution in [1.82, 2.24) is 29.5 Å². The molecule has 8 aromatic carbocycles. The number of H-pyrrole nitrogens is 5. The summed E-state index contributed by atoms with van der Waals surface area (Å²) in [6.45, 7) is 12.4. The van der Waals surface area contributed by atoms with Gasteiger partial charge in [0.25, 0.3) is 0 Å². The third-order valence-corrected chi connectivity index (χ3v) is 14.6. The summed E-state index contributed by atoms with van der Waals surface area (Å²) in [7, 11) is 2.06. The van der Waals surface area contributed by atoms with Gasteiger partial charge in [-0.25, -0.2) is 18.8 Å². The number of carbonyl (C=O) groups excluding carboxylic acids is 3. The zero-order chi connectivity index (χ0) is 64.4. The number of hydrogen-bond donors (Lipinski definition) is 6. The number of esters is 2. The van der Waals surface area contributed by atoms with E-state index in [0.29, 0.717) is 18.0 Å². The van der Waals surface area contributed by atoms with Crippen LogP contribution in [0.5, 0.6) is 0 Å². The van der Waals surface area contributed by atoms with Gasteiger partial charge in [-0.3, -0.25) is 4.79 Å². The fraction of sp³-hybridized carbons (Fsp3) is 0.158. The number of hydrogen-bond acceptors (Lipinski definition) is 6. The van der Waals surface area contributed by atoms with Gasteiger partial charge in [0.2, 0.25) is 5.91 Å². The molecule has 6 aromatic heterocycles. The number of benzene rings is 8. The molecule has 462 valence electrons. The van der Waals surface area contributed by atoms with E-state index in [2.05, 4.69) is 129 Å². The van der Waals surface area contributed by atoms with Crippen molar-refractivity contribution in [3.05, 3.63) is 271 Å². The maximum atomic E-state index is 12.8. The fourth-order valence-electron chi connectivity index (χ4n) is 10.2. The van der Waals surface area contributed by atoms with Crippen LogP contribution in [0, 0.1) is 5.82 Å². The first-order chi connectivity index (χ1) is 43.9. The molecule has 14 aromatic rings. The minimum Gasteiger partial charge on any atom is -0.477 e. The van der Waals surface area contributed by atoms with E-state index in [1.807, 2.05) is 141 Å². The van der Waals surface area contributed by atoms with Gasteiger partial charge < -0.3 is 49.0 Å². The van der Waals surface area contributed by atoms with Crippen molar-refractivity contribution in [3.8, 4) is 11.3 Å². The lowest BCUT2D eigenvalue weighted by molar-refractivity contribution is -0.116. The second-order valence-electron chi connectivity index (χ2n) is 22.4. The molecule has 15 heteroatoms. The lowest BCUT2D eigenvalue weighted by Crippen LogP contribution is -2.25. The van der Waals surface area contributed by atoms with Gasteiger partial charge in [0.1, 0.15) is 28.5 Å². The maximum Gasteiger partial charge on any atom is 0.355 e. The van der Waals surface area contributed by atoms with Crippen molar-refractivity contribution in [3.63, 3.8) is 0 Å². The summed E-state index contributed by atoms with van der Waals surface area (Å²) in [6.07, 6.45) is 4.15. The van der Waals surface area contributed by atoms with E-state index < -0.39 is 11.6 Å². The molecule has 6 N–H and O–H groups in total. The molecule has 0 radical (unpaired) electrons. The molecule has 14 nitrogen and oxygen atoms in total.